The lowest BCUT2D eigenvalue weighted by molar-refractivity contribution is -0.140. The Morgan fingerprint density at radius 2 is 1.09 bits per heavy atom. The van der Waals surface area contributed by atoms with Crippen molar-refractivity contribution in [2.45, 2.75) is 193 Å². The number of amides is 1. The number of unbranched alkanes of at least 4 members (excludes halogenated alkanes) is 4. The molecule has 0 bridgehead atoms. The summed E-state index contributed by atoms with van der Waals surface area (Å²) in [5, 5.41) is 4.73. The highest BCUT2D eigenvalue weighted by Crippen LogP contribution is 2.60. The van der Waals surface area contributed by atoms with E-state index >= 15 is 4.79 Å². The van der Waals surface area contributed by atoms with Crippen LogP contribution in [0.2, 0.25) is 0 Å². The zero-order chi connectivity index (χ0) is 77.5. The number of esters is 2. The topological polar surface area (TPSA) is 119 Å². The van der Waals surface area contributed by atoms with Gasteiger partial charge in [0.2, 0.25) is 0 Å². The molecule has 10 aromatic carbocycles. The van der Waals surface area contributed by atoms with E-state index in [1.807, 2.05) is 115 Å². The first-order chi connectivity index (χ1) is 54.6. The minimum atomic E-state index is -1.14. The van der Waals surface area contributed by atoms with Crippen molar-refractivity contribution in [1.82, 2.24) is 0 Å². The second-order valence-corrected chi connectivity index (χ2v) is 33.4. The molecule has 1 aliphatic heterocycles. The van der Waals surface area contributed by atoms with Crippen molar-refractivity contribution in [3.05, 3.63) is 251 Å². The number of nitrogens with one attached hydrogen (secondary N) is 1. The van der Waals surface area contributed by atoms with Crippen LogP contribution in [0.15, 0.2) is 206 Å². The lowest BCUT2D eigenvalue weighted by Crippen LogP contribution is -2.35. The largest absolute Gasteiger partial charge is 0.497 e. The molecule has 10 heteroatoms. The summed E-state index contributed by atoms with van der Waals surface area (Å²) in [5.41, 5.74) is 13.9. The van der Waals surface area contributed by atoms with Crippen LogP contribution in [0.3, 0.4) is 0 Å². The van der Waals surface area contributed by atoms with E-state index in [0.29, 0.717) is 64.0 Å². The second kappa shape index (κ2) is 34.4. The molecular weight excluding hydrogens is 1380 g/mol. The Labute approximate surface area is 664 Å². The van der Waals surface area contributed by atoms with Gasteiger partial charge >= 0.3 is 11.9 Å². The lowest BCUT2D eigenvalue weighted by atomic mass is 9.68. The summed E-state index contributed by atoms with van der Waals surface area (Å²) in [6, 6.07) is 66.8. The molecule has 5 aliphatic rings. The van der Waals surface area contributed by atoms with E-state index in [-0.39, 0.29) is 23.5 Å². The Morgan fingerprint density at radius 3 is 1.71 bits per heavy atom. The van der Waals surface area contributed by atoms with Gasteiger partial charge in [0.05, 0.1) is 32.3 Å². The van der Waals surface area contributed by atoms with Gasteiger partial charge in [0.25, 0.3) is 5.91 Å². The number of fused-ring (bicyclic) bond motifs is 8. The first kappa shape index (κ1) is 77.1. The lowest BCUT2D eigenvalue weighted by Gasteiger charge is -2.38. The third-order valence-electron chi connectivity index (χ3n) is 26.0. The molecule has 2 atom stereocenters. The fraction of sp³-hybridized carbons (Fsp3) is 0.382. The number of carbonyl (C=O) groups excluding carboxylic acids is 3. The molecule has 0 spiro atoms. The van der Waals surface area contributed by atoms with Gasteiger partial charge in [-0.3, -0.25) is 9.59 Å². The highest BCUT2D eigenvalue weighted by Gasteiger charge is 2.45. The van der Waals surface area contributed by atoms with Crippen LogP contribution in [0.5, 0.6) is 34.5 Å². The summed E-state index contributed by atoms with van der Waals surface area (Å²) < 4.78 is 39.0. The van der Waals surface area contributed by atoms with Crippen LogP contribution in [0.4, 0.5) is 5.69 Å². The predicted octanol–water partition coefficient (Wildman–Crippen LogP) is 26.4. The number of hydrogen-bond acceptors (Lipinski definition) is 9. The zero-order valence-electron chi connectivity index (χ0n) is 67.0. The van der Waals surface area contributed by atoms with E-state index in [4.69, 9.17) is 28.4 Å². The third kappa shape index (κ3) is 16.4. The van der Waals surface area contributed by atoms with Crippen molar-refractivity contribution < 1.29 is 42.8 Å². The molecule has 0 saturated heterocycles. The zero-order valence-corrected chi connectivity index (χ0v) is 67.0. The number of carbonyl (C=O) groups is 3. The minimum absolute atomic E-state index is 0.106. The van der Waals surface area contributed by atoms with Gasteiger partial charge in [0.15, 0.2) is 17.1 Å². The Balaban J connectivity index is 0.712. The number of hydrogen-bond donors (Lipinski definition) is 1. The molecule has 10 aromatic rings. The van der Waals surface area contributed by atoms with Crippen molar-refractivity contribution >= 4 is 40.4 Å². The molecule has 0 radical (unpaired) electrons. The van der Waals surface area contributed by atoms with Gasteiger partial charge in [0, 0.05) is 38.7 Å². The smallest absolute Gasteiger partial charge is 0.344 e. The van der Waals surface area contributed by atoms with Gasteiger partial charge in [-0.25, -0.2) is 4.79 Å². The van der Waals surface area contributed by atoms with E-state index in [1.165, 1.54) is 108 Å². The van der Waals surface area contributed by atoms with Crippen molar-refractivity contribution in [1.29, 1.82) is 0 Å². The van der Waals surface area contributed by atoms with Crippen molar-refractivity contribution in [2.75, 3.05) is 26.1 Å². The molecule has 3 saturated carbocycles. The predicted molar refractivity (Wildman–Crippen MR) is 455 cm³/mol. The molecular formula is C102H111NO9. The second-order valence-electron chi connectivity index (χ2n) is 33.4. The van der Waals surface area contributed by atoms with Crippen molar-refractivity contribution in [2.24, 2.45) is 35.5 Å². The van der Waals surface area contributed by atoms with Gasteiger partial charge in [0.1, 0.15) is 23.0 Å². The molecule has 1 amide bonds. The van der Waals surface area contributed by atoms with Gasteiger partial charge in [-0.1, -0.05) is 234 Å². The Kier molecular flexibility index (Phi) is 23.7. The van der Waals surface area contributed by atoms with Gasteiger partial charge in [-0.2, -0.15) is 0 Å². The van der Waals surface area contributed by atoms with Gasteiger partial charge < -0.3 is 33.7 Å². The monoisotopic (exact) mass is 1490 g/mol. The molecule has 15 rings (SSSR count). The summed E-state index contributed by atoms with van der Waals surface area (Å²) in [7, 11) is 3.27. The Hall–Kier alpha value is -10.2. The minimum Gasteiger partial charge on any atom is -0.497 e. The number of ether oxygens (including phenoxy) is 6. The maximum Gasteiger partial charge on any atom is 0.344 e. The van der Waals surface area contributed by atoms with Crippen LogP contribution in [0.1, 0.15) is 236 Å². The molecule has 1 heterocycles. The standard InChI is InChI=1S/C102H111NO9/c1-9-12-14-18-67-22-26-69(27-23-67)71-30-32-72(33-31-71)73-34-38-77(39-35-73)98(104)103-82-51-42-75(43-52-82)79-46-59-92-91(62-79)95-89-63-94(111-100(106)87-21-17-16-20-86(87)76-44-53-85(54-45-76)110-99(105)78-40-36-74(37-41-78)70-28-24-68(25-29-70)19-15-13-10-2)93(108-8)64-90(89)97-88(96(95)101(92,5)6)60-61-102(112-97,80-47-55-83(107-7)56-48-80)81-49-57-84(58-50-81)109-65-66(4)11-3/h16-17,20-21,30-35,38-39,42-64,66-70,74,78H,9-15,18-19,22-29,36-37,40-41,65H2,1-8H3,(H,103,104)/t66-,67?,68?,69?,70?,74?,78?,102?/m0/s1. The van der Waals surface area contributed by atoms with E-state index in [2.05, 4.69) is 138 Å². The summed E-state index contributed by atoms with van der Waals surface area (Å²) in [6.45, 7) is 14.1. The molecule has 112 heavy (non-hydrogen) atoms. The van der Waals surface area contributed by atoms with Crippen LogP contribution in [0, 0.1) is 35.5 Å². The summed E-state index contributed by atoms with van der Waals surface area (Å²) in [6.07, 6.45) is 30.8. The number of anilines is 1. The molecule has 1 N–H and O–H groups in total. The highest BCUT2D eigenvalue weighted by molar-refractivity contribution is 6.11. The maximum absolute atomic E-state index is 15.2. The van der Waals surface area contributed by atoms with E-state index in [9.17, 15) is 9.59 Å². The SMILES string of the molecule is CCCCCC1CCC(c2ccc(-c3ccc(C(=O)Nc4ccc(-c5ccc6c(c5)-c5c(c7c(c8cc(OC)c(OC(=O)c9ccccc9-c9ccc(OC(=O)C%10CCC(C%11CCC(CCCCC)CC%11)CC%10)cc9)cc58)OC(c5ccc(OC)cc5)(c5ccc(OC[C@@H](C)CC)cc5)C=C7)C6(C)C)cc4)cc3)cc2)CC1. The molecule has 578 valence electrons. The summed E-state index contributed by atoms with van der Waals surface area (Å²) in [4.78, 5) is 42.9. The number of rotatable bonds is 27. The molecule has 10 nitrogen and oxygen atoms in total. The summed E-state index contributed by atoms with van der Waals surface area (Å²) in [5.74, 6) is 6.52. The van der Waals surface area contributed by atoms with Crippen molar-refractivity contribution in [3.8, 4) is 79.0 Å². The molecule has 0 aromatic heterocycles. The highest BCUT2D eigenvalue weighted by atomic mass is 16.6. The fourth-order valence-corrected chi connectivity index (χ4v) is 19.0. The molecule has 4 aliphatic carbocycles. The normalized spacial score (nSPS) is 20.5. The van der Waals surface area contributed by atoms with Crippen LogP contribution in [0.25, 0.3) is 61.4 Å². The van der Waals surface area contributed by atoms with Gasteiger partial charge in [-0.15, -0.1) is 0 Å². The Bertz CT molecular complexity index is 4970. The van der Waals surface area contributed by atoms with Gasteiger partial charge in [-0.05, 0) is 257 Å². The van der Waals surface area contributed by atoms with E-state index < -0.39 is 17.0 Å². The Morgan fingerprint density at radius 1 is 0.527 bits per heavy atom. The quantitative estimate of drug-likeness (QED) is 0.0305. The third-order valence-corrected chi connectivity index (χ3v) is 26.0. The number of benzene rings is 10. The van der Waals surface area contributed by atoms with Crippen LogP contribution >= 0.6 is 0 Å². The average molecular weight is 1500 g/mol. The van der Waals surface area contributed by atoms with Crippen LogP contribution in [-0.4, -0.2) is 38.7 Å². The number of methoxy groups -OCH3 is 2. The maximum atomic E-state index is 15.2. The van der Waals surface area contributed by atoms with E-state index in [1.54, 1.807) is 20.3 Å². The fourth-order valence-electron chi connectivity index (χ4n) is 19.0. The summed E-state index contributed by atoms with van der Waals surface area (Å²) >= 11 is 0. The first-order valence-electron chi connectivity index (χ1n) is 42.0. The van der Waals surface area contributed by atoms with Crippen LogP contribution in [-0.2, 0) is 15.8 Å². The first-order valence-corrected chi connectivity index (χ1v) is 42.0. The molecule has 3 fully saturated rings. The van der Waals surface area contributed by atoms with Crippen LogP contribution < -0.4 is 33.7 Å². The van der Waals surface area contributed by atoms with Crippen molar-refractivity contribution in [3.63, 3.8) is 0 Å². The molecule has 1 unspecified atom stereocenters. The van der Waals surface area contributed by atoms with E-state index in [0.717, 1.165) is 139 Å². The average Bonchev–Trinajstić information content (AvgIpc) is 1.09.